The second-order valence-corrected chi connectivity index (χ2v) is 8.11. The van der Waals surface area contributed by atoms with Crippen LogP contribution in [0.2, 0.25) is 0 Å². The van der Waals surface area contributed by atoms with Crippen LogP contribution in [0.5, 0.6) is 0 Å². The summed E-state index contributed by atoms with van der Waals surface area (Å²) in [5, 5.41) is 9.32. The number of aromatic nitrogens is 1. The third-order valence-electron chi connectivity index (χ3n) is 6.10. The number of rotatable bonds is 4. The summed E-state index contributed by atoms with van der Waals surface area (Å²) < 4.78 is 5.96. The van der Waals surface area contributed by atoms with E-state index in [4.69, 9.17) is 9.72 Å². The Kier molecular flexibility index (Phi) is 5.02. The third-order valence-corrected chi connectivity index (χ3v) is 6.10. The molecule has 6 nitrogen and oxygen atoms in total. The highest BCUT2D eigenvalue weighted by molar-refractivity contribution is 5.67. The monoisotopic (exact) mass is 359 g/mol. The van der Waals surface area contributed by atoms with Crippen molar-refractivity contribution in [2.24, 2.45) is 5.92 Å². The lowest BCUT2D eigenvalue weighted by Gasteiger charge is -2.42. The summed E-state index contributed by atoms with van der Waals surface area (Å²) in [5.74, 6) is 1.75. The minimum absolute atomic E-state index is 0.150. The Bertz CT molecular complexity index is 660. The number of carbonyl (C=O) groups is 1. The van der Waals surface area contributed by atoms with E-state index in [9.17, 15) is 9.90 Å². The molecule has 2 aliphatic heterocycles. The lowest BCUT2D eigenvalue weighted by Crippen LogP contribution is -2.58. The zero-order valence-electron chi connectivity index (χ0n) is 15.6. The Morgan fingerprint density at radius 1 is 1.27 bits per heavy atom. The first-order valence-corrected chi connectivity index (χ1v) is 9.94. The highest BCUT2D eigenvalue weighted by Crippen LogP contribution is 2.35. The van der Waals surface area contributed by atoms with Crippen LogP contribution in [0, 0.1) is 5.92 Å². The number of carboxylic acid groups (broad SMARTS) is 1. The number of ether oxygens (including phenoxy) is 1. The summed E-state index contributed by atoms with van der Waals surface area (Å²) in [6, 6.07) is 4.57. The molecule has 3 heterocycles. The van der Waals surface area contributed by atoms with Crippen molar-refractivity contribution in [1.29, 1.82) is 0 Å². The van der Waals surface area contributed by atoms with Gasteiger partial charge in [0, 0.05) is 25.7 Å². The van der Waals surface area contributed by atoms with Gasteiger partial charge in [0.15, 0.2) is 0 Å². The standard InChI is InChI=1S/C20H29N3O3/c1-14-10-22(20(24)25)11-18-9-16-7-8-17(21-19(16)23(14)18)13-26-12-15-5-3-2-4-6-15/h7-8,14-15,18H,2-6,9-13H2,1H3,(H,24,25)/t14-,18-/m1/s1. The molecule has 4 rings (SSSR count). The van der Waals surface area contributed by atoms with Gasteiger partial charge >= 0.3 is 6.09 Å². The fourth-order valence-corrected chi connectivity index (χ4v) is 4.80. The fourth-order valence-electron chi connectivity index (χ4n) is 4.80. The number of fused-ring (bicyclic) bond motifs is 3. The quantitative estimate of drug-likeness (QED) is 0.894. The van der Waals surface area contributed by atoms with Crippen molar-refractivity contribution in [2.45, 2.75) is 64.1 Å². The van der Waals surface area contributed by atoms with Crippen molar-refractivity contribution in [3.8, 4) is 0 Å². The zero-order chi connectivity index (χ0) is 18.1. The van der Waals surface area contributed by atoms with E-state index < -0.39 is 6.09 Å². The summed E-state index contributed by atoms with van der Waals surface area (Å²) >= 11 is 0. The van der Waals surface area contributed by atoms with Gasteiger partial charge in [-0.3, -0.25) is 0 Å². The molecule has 1 saturated carbocycles. The summed E-state index contributed by atoms with van der Waals surface area (Å²) in [6.45, 7) is 4.59. The molecule has 1 aromatic rings. The van der Waals surface area contributed by atoms with Crippen LogP contribution in [0.25, 0.3) is 0 Å². The lowest BCUT2D eigenvalue weighted by molar-refractivity contribution is 0.0720. The van der Waals surface area contributed by atoms with E-state index in [1.165, 1.54) is 42.6 Å². The minimum Gasteiger partial charge on any atom is -0.465 e. The van der Waals surface area contributed by atoms with Gasteiger partial charge in [-0.15, -0.1) is 0 Å². The molecule has 1 amide bonds. The molecular weight excluding hydrogens is 330 g/mol. The van der Waals surface area contributed by atoms with Crippen molar-refractivity contribution >= 4 is 11.9 Å². The molecule has 0 aromatic carbocycles. The van der Waals surface area contributed by atoms with Gasteiger partial charge in [0.25, 0.3) is 0 Å². The molecule has 2 atom stereocenters. The average Bonchev–Trinajstić information content (AvgIpc) is 3.01. The van der Waals surface area contributed by atoms with E-state index in [-0.39, 0.29) is 12.1 Å². The van der Waals surface area contributed by atoms with E-state index in [1.54, 1.807) is 0 Å². The van der Waals surface area contributed by atoms with Crippen LogP contribution in [-0.2, 0) is 17.8 Å². The Balaban J connectivity index is 1.39. The number of hydrogen-bond donors (Lipinski definition) is 1. The molecule has 6 heteroatoms. The van der Waals surface area contributed by atoms with Crippen molar-refractivity contribution in [1.82, 2.24) is 9.88 Å². The Hall–Kier alpha value is -1.82. The molecule has 1 aromatic heterocycles. The number of piperazine rings is 1. The summed E-state index contributed by atoms with van der Waals surface area (Å²) in [5.41, 5.74) is 2.21. The molecule has 2 fully saturated rings. The maximum atomic E-state index is 11.3. The first-order chi connectivity index (χ1) is 12.6. The third kappa shape index (κ3) is 3.52. The number of amides is 1. The van der Waals surface area contributed by atoms with Gasteiger partial charge in [0.1, 0.15) is 5.82 Å². The fraction of sp³-hybridized carbons (Fsp3) is 0.700. The first-order valence-electron chi connectivity index (χ1n) is 9.94. The van der Waals surface area contributed by atoms with Gasteiger partial charge in [-0.2, -0.15) is 0 Å². The number of nitrogens with zero attached hydrogens (tertiary/aromatic N) is 3. The van der Waals surface area contributed by atoms with Crippen LogP contribution in [0.1, 0.15) is 50.3 Å². The minimum atomic E-state index is -0.822. The Morgan fingerprint density at radius 2 is 2.08 bits per heavy atom. The SMILES string of the molecule is C[C@@H]1CN(C(=O)O)C[C@H]2Cc3ccc(COCC4CCCCC4)nc3N21. The smallest absolute Gasteiger partial charge is 0.407 e. The second-order valence-electron chi connectivity index (χ2n) is 8.11. The molecule has 142 valence electrons. The highest BCUT2D eigenvalue weighted by Gasteiger charge is 2.40. The molecule has 0 spiro atoms. The average molecular weight is 359 g/mol. The molecule has 0 radical (unpaired) electrons. The molecule has 1 N–H and O–H groups in total. The second kappa shape index (κ2) is 7.43. The van der Waals surface area contributed by atoms with Crippen molar-refractivity contribution < 1.29 is 14.6 Å². The Morgan fingerprint density at radius 3 is 2.85 bits per heavy atom. The summed E-state index contributed by atoms with van der Waals surface area (Å²) in [4.78, 5) is 20.1. The van der Waals surface area contributed by atoms with Gasteiger partial charge in [-0.25, -0.2) is 9.78 Å². The van der Waals surface area contributed by atoms with Gasteiger partial charge in [0.05, 0.1) is 18.3 Å². The van der Waals surface area contributed by atoms with Gasteiger partial charge in [-0.1, -0.05) is 25.3 Å². The molecule has 3 aliphatic rings. The normalized spacial score (nSPS) is 25.9. The Labute approximate surface area is 155 Å². The molecular formula is C20H29N3O3. The van der Waals surface area contributed by atoms with Gasteiger partial charge < -0.3 is 19.6 Å². The van der Waals surface area contributed by atoms with Crippen LogP contribution in [0.4, 0.5) is 10.6 Å². The number of pyridine rings is 1. The first kappa shape index (κ1) is 17.6. The predicted octanol–water partition coefficient (Wildman–Crippen LogP) is 3.29. The van der Waals surface area contributed by atoms with Gasteiger partial charge in [0.2, 0.25) is 0 Å². The van der Waals surface area contributed by atoms with E-state index in [1.807, 2.05) is 0 Å². The maximum Gasteiger partial charge on any atom is 0.407 e. The predicted molar refractivity (Wildman–Crippen MR) is 99.5 cm³/mol. The number of anilines is 1. The van der Waals surface area contributed by atoms with Crippen LogP contribution < -0.4 is 4.90 Å². The van der Waals surface area contributed by atoms with Crippen LogP contribution >= 0.6 is 0 Å². The molecule has 0 bridgehead atoms. The highest BCUT2D eigenvalue weighted by atomic mass is 16.5. The van der Waals surface area contributed by atoms with Crippen molar-refractivity contribution in [3.63, 3.8) is 0 Å². The molecule has 0 unspecified atom stereocenters. The van der Waals surface area contributed by atoms with E-state index in [0.717, 1.165) is 24.5 Å². The van der Waals surface area contributed by atoms with Crippen molar-refractivity contribution in [3.05, 3.63) is 23.4 Å². The van der Waals surface area contributed by atoms with Gasteiger partial charge in [-0.05, 0) is 43.7 Å². The van der Waals surface area contributed by atoms with E-state index in [2.05, 4.69) is 24.0 Å². The lowest BCUT2D eigenvalue weighted by atomic mass is 9.90. The van der Waals surface area contributed by atoms with E-state index >= 15 is 0 Å². The van der Waals surface area contributed by atoms with Crippen LogP contribution in [-0.4, -0.2) is 52.9 Å². The summed E-state index contributed by atoms with van der Waals surface area (Å²) in [7, 11) is 0. The maximum absolute atomic E-state index is 11.3. The topological polar surface area (TPSA) is 65.9 Å². The summed E-state index contributed by atoms with van der Waals surface area (Å²) in [6.07, 6.45) is 6.70. The zero-order valence-corrected chi connectivity index (χ0v) is 15.6. The van der Waals surface area contributed by atoms with E-state index in [0.29, 0.717) is 25.6 Å². The molecule has 1 aliphatic carbocycles. The largest absolute Gasteiger partial charge is 0.465 e. The van der Waals surface area contributed by atoms with Crippen molar-refractivity contribution in [2.75, 3.05) is 24.6 Å². The molecule has 1 saturated heterocycles. The van der Waals surface area contributed by atoms with Crippen LogP contribution in [0.3, 0.4) is 0 Å². The number of hydrogen-bond acceptors (Lipinski definition) is 4. The molecule has 26 heavy (non-hydrogen) atoms. The van der Waals surface area contributed by atoms with Crippen LogP contribution in [0.15, 0.2) is 12.1 Å².